The number of aromatic nitrogens is 12. The maximum Gasteiger partial charge on any atom is 0.334 e. The number of nitrogens with one attached hydrogen (secondary N) is 1. The van der Waals surface area contributed by atoms with E-state index in [1.54, 1.807) is 14.2 Å². The van der Waals surface area contributed by atoms with Crippen LogP contribution in [0.25, 0.3) is 0 Å². The summed E-state index contributed by atoms with van der Waals surface area (Å²) in [5, 5.41) is 45.2. The van der Waals surface area contributed by atoms with Crippen molar-refractivity contribution in [1.82, 2.24) is 61.0 Å². The fourth-order valence-electron chi connectivity index (χ4n) is 7.59. The van der Waals surface area contributed by atoms with Crippen LogP contribution in [-0.4, -0.2) is 134 Å². The highest BCUT2D eigenvalue weighted by Crippen LogP contribution is 2.16. The molecule has 88 heavy (non-hydrogen) atoms. The number of carboxylic acids is 1. The van der Waals surface area contributed by atoms with E-state index in [1.807, 2.05) is 69.3 Å². The zero-order valence-electron chi connectivity index (χ0n) is 52.3. The molecular formula is C61H89ClN12O14. The van der Waals surface area contributed by atoms with E-state index in [2.05, 4.69) is 92.0 Å². The summed E-state index contributed by atoms with van der Waals surface area (Å²) in [6, 6.07) is 15.2. The average molecular weight is 1250 g/mol. The Morgan fingerprint density at radius 2 is 0.909 bits per heavy atom. The van der Waals surface area contributed by atoms with Crippen molar-refractivity contribution in [1.29, 1.82) is 0 Å². The van der Waals surface area contributed by atoms with Gasteiger partial charge in [-0.05, 0) is 105 Å². The van der Waals surface area contributed by atoms with Gasteiger partial charge in [-0.1, -0.05) is 128 Å². The number of methoxy groups -OCH3 is 2. The van der Waals surface area contributed by atoms with Gasteiger partial charge in [0.1, 0.15) is 11.5 Å². The summed E-state index contributed by atoms with van der Waals surface area (Å²) in [4.78, 5) is 72.3. The molecule has 0 spiro atoms. The number of halogens is 1. The minimum atomic E-state index is -1.16. The van der Waals surface area contributed by atoms with Gasteiger partial charge in [-0.2, -0.15) is 14.8 Å². The summed E-state index contributed by atoms with van der Waals surface area (Å²) in [6.07, 6.45) is 14.8. The van der Waals surface area contributed by atoms with Crippen LogP contribution in [0.3, 0.4) is 0 Å². The first-order chi connectivity index (χ1) is 42.2. The first kappa shape index (κ1) is 75.7. The summed E-state index contributed by atoms with van der Waals surface area (Å²) in [7, 11) is 3.25. The topological polar surface area (TPSA) is 329 Å². The quantitative estimate of drug-likeness (QED) is 0.0122. The third-order valence-electron chi connectivity index (χ3n) is 12.5. The third kappa shape index (κ3) is 34.7. The predicted octanol–water partition coefficient (Wildman–Crippen LogP) is 10.1. The van der Waals surface area contributed by atoms with Crippen molar-refractivity contribution in [3.05, 3.63) is 114 Å². The number of nitrogens with zero attached hydrogens (tertiary/aromatic N) is 11. The molecule has 5 rings (SSSR count). The van der Waals surface area contributed by atoms with Crippen LogP contribution in [0.15, 0.2) is 85.0 Å². The molecule has 0 aliphatic heterocycles. The molecule has 2 N–H and O–H groups in total. The Morgan fingerprint density at radius 1 is 0.534 bits per heavy atom. The van der Waals surface area contributed by atoms with Gasteiger partial charge in [0.05, 0.1) is 70.8 Å². The van der Waals surface area contributed by atoms with Gasteiger partial charge in [-0.25, -0.2) is 14.4 Å². The lowest BCUT2D eigenvalue weighted by Gasteiger charge is -2.13. The van der Waals surface area contributed by atoms with Crippen molar-refractivity contribution >= 4 is 47.4 Å². The number of ether oxygens (including phenoxy) is 7. The van der Waals surface area contributed by atoms with Crippen molar-refractivity contribution in [3.63, 3.8) is 0 Å². The number of esters is 5. The summed E-state index contributed by atoms with van der Waals surface area (Å²) >= 11 is 5.59. The van der Waals surface area contributed by atoms with Gasteiger partial charge >= 0.3 is 35.8 Å². The molecule has 27 heteroatoms. The van der Waals surface area contributed by atoms with Crippen LogP contribution in [0.1, 0.15) is 186 Å². The number of carbonyl (C=O) groups is 6. The van der Waals surface area contributed by atoms with E-state index >= 15 is 0 Å². The number of H-pyrrole nitrogens is 1. The number of carbonyl (C=O) groups excluding carboxylic acids is 5. The first-order valence-corrected chi connectivity index (χ1v) is 30.0. The Balaban J connectivity index is 0.000000417. The van der Waals surface area contributed by atoms with Crippen molar-refractivity contribution in [3.8, 4) is 11.5 Å². The fraction of sp³-hybridized carbons (Fsp3) is 0.557. The summed E-state index contributed by atoms with van der Waals surface area (Å²) in [6.45, 7) is 23.1. The number of hydrogen-bond donors (Lipinski definition) is 2. The summed E-state index contributed by atoms with van der Waals surface area (Å²) < 4.78 is 35.9. The maximum atomic E-state index is 12.1. The van der Waals surface area contributed by atoms with E-state index in [1.165, 1.54) is 41.7 Å². The molecule has 26 nitrogen and oxygen atoms in total. The highest BCUT2D eigenvalue weighted by molar-refractivity contribution is 6.16. The van der Waals surface area contributed by atoms with Crippen molar-refractivity contribution in [2.75, 3.05) is 14.2 Å². The minimum absolute atomic E-state index is 0.0267. The van der Waals surface area contributed by atoms with Gasteiger partial charge < -0.3 is 38.3 Å². The molecule has 0 aliphatic carbocycles. The molecule has 0 aliphatic rings. The van der Waals surface area contributed by atoms with Gasteiger partial charge in [-0.15, -0.1) is 42.2 Å². The smallest absolute Gasteiger partial charge is 0.334 e. The van der Waals surface area contributed by atoms with Crippen molar-refractivity contribution in [2.45, 2.75) is 208 Å². The van der Waals surface area contributed by atoms with E-state index in [4.69, 9.17) is 49.9 Å². The normalized spacial score (nSPS) is 11.5. The Bertz CT molecular complexity index is 2850. The number of benzene rings is 2. The lowest BCUT2D eigenvalue weighted by Crippen LogP contribution is -2.18. The fourth-order valence-corrected chi connectivity index (χ4v) is 7.69. The molecule has 0 unspecified atom stereocenters. The molecule has 0 saturated carbocycles. The van der Waals surface area contributed by atoms with E-state index in [0.29, 0.717) is 18.9 Å². The summed E-state index contributed by atoms with van der Waals surface area (Å²) in [5.41, 5.74) is 1.99. The number of tetrazole rings is 3. The Morgan fingerprint density at radius 3 is 1.25 bits per heavy atom. The zero-order valence-corrected chi connectivity index (χ0v) is 53.0. The molecule has 484 valence electrons. The van der Waals surface area contributed by atoms with E-state index in [-0.39, 0.29) is 85.0 Å². The van der Waals surface area contributed by atoms with Gasteiger partial charge in [0, 0.05) is 16.7 Å². The second-order valence-electron chi connectivity index (χ2n) is 20.4. The molecule has 5 aromatic rings. The largest absolute Gasteiger partial charge is 0.497 e. The van der Waals surface area contributed by atoms with Crippen LogP contribution in [0.2, 0.25) is 0 Å². The molecule has 0 bridgehead atoms. The number of hydrogen-bond acceptors (Lipinski definition) is 22. The van der Waals surface area contributed by atoms with E-state index in [9.17, 15) is 28.8 Å². The Labute approximate surface area is 520 Å². The number of carboxylic acid groups (broad SMARTS) is 1. The second-order valence-corrected chi connectivity index (χ2v) is 20.6. The van der Waals surface area contributed by atoms with Crippen molar-refractivity contribution in [2.24, 2.45) is 0 Å². The lowest BCUT2D eigenvalue weighted by molar-refractivity contribution is -0.150. The maximum absolute atomic E-state index is 12.1. The van der Waals surface area contributed by atoms with Gasteiger partial charge in [0.15, 0.2) is 19.0 Å². The number of alkyl halides is 1. The Hall–Kier alpha value is -8.42. The van der Waals surface area contributed by atoms with Crippen LogP contribution in [0.4, 0.5) is 0 Å². The molecule has 3 atom stereocenters. The molecule has 3 aromatic heterocycles. The Kier molecular flexibility index (Phi) is 38.7. The second kappa shape index (κ2) is 44.9. The van der Waals surface area contributed by atoms with Gasteiger partial charge in [0.25, 0.3) is 0 Å². The standard InChI is InChI=1S/C23H32N4O5.C15H24N4O4.C13H22O4.C10H11ClN4O/c1-5-6-7-8-9-18(3)32-22(28)14-17(2)23(29)31-16-21-24-26-27(25-21)15-19-10-12-20(30-4)13-11-19;1-4-5-6-7-8-12(3)23-14(20)9-11(2)15(21)22-10-13-16-18-19-17-13;1-4-5-6-7-8-11(3)17-12(14)9-10(2)13(15)16;1-16-9-4-2-8(3-5-9)7-15-13-10(6-11)12-14-15/h10-13,18H,2,5-9,14-16H2,1,3-4H3;12H,2,4-10H2,1,3H3,(H,16,17,18,19);11H,2,4-9H2,1,3H3,(H,15,16);2-5H,6-7H2,1H3/t18-;12-;11-;/m000./s1. The summed E-state index contributed by atoms with van der Waals surface area (Å²) in [5.74, 6) is -1.09. The molecular weight excluding hydrogens is 1160 g/mol. The van der Waals surface area contributed by atoms with Crippen LogP contribution < -0.4 is 9.47 Å². The van der Waals surface area contributed by atoms with Crippen LogP contribution in [0, 0.1) is 0 Å². The van der Waals surface area contributed by atoms with E-state index in [0.717, 1.165) is 86.8 Å². The number of aromatic amines is 1. The van der Waals surface area contributed by atoms with Crippen LogP contribution >= 0.6 is 11.6 Å². The molecule has 0 radical (unpaired) electrons. The zero-order chi connectivity index (χ0) is 65.1. The molecule has 0 amide bonds. The highest BCUT2D eigenvalue weighted by Gasteiger charge is 2.20. The third-order valence-corrected chi connectivity index (χ3v) is 12.7. The van der Waals surface area contributed by atoms with Crippen LogP contribution in [-0.2, 0) is 84.6 Å². The lowest BCUT2D eigenvalue weighted by atomic mass is 10.1. The monoisotopic (exact) mass is 1250 g/mol. The average Bonchev–Trinajstić information content (AvgIpc) is 4.53. The molecule has 0 fully saturated rings. The number of rotatable bonds is 38. The molecule has 2 aromatic carbocycles. The van der Waals surface area contributed by atoms with Gasteiger partial charge in [0.2, 0.25) is 11.6 Å². The predicted molar refractivity (Wildman–Crippen MR) is 325 cm³/mol. The highest BCUT2D eigenvalue weighted by atomic mass is 35.5. The first-order valence-electron chi connectivity index (χ1n) is 29.5. The minimum Gasteiger partial charge on any atom is -0.497 e. The van der Waals surface area contributed by atoms with Crippen molar-refractivity contribution < 1.29 is 67.0 Å². The molecule has 3 heterocycles. The van der Waals surface area contributed by atoms with Gasteiger partial charge in [-0.3, -0.25) is 14.4 Å². The molecule has 0 saturated heterocycles. The van der Waals surface area contributed by atoms with Crippen LogP contribution in [0.5, 0.6) is 11.5 Å². The number of aliphatic carboxylic acids is 1. The number of unbranched alkanes of at least 4 members (excludes halogenated alkanes) is 9. The SMILES string of the molecule is C=C(CC(=O)O[C@@H](C)CCCCCC)C(=O)O.C=C(CC(=O)O[C@@H](C)CCCCCC)C(=O)OCc1nn[nH]n1.C=C(CC(=O)O[C@@H](C)CCCCCC)C(=O)OCc1nnn(Cc2ccc(OC)cc2)n1.COc1ccc(Cn2nnc(CCl)n2)cc1. The van der Waals surface area contributed by atoms with E-state index < -0.39 is 35.8 Å².